The van der Waals surface area contributed by atoms with E-state index in [2.05, 4.69) is 54.6 Å². The van der Waals surface area contributed by atoms with Gasteiger partial charge in [0.1, 0.15) is 10.1 Å². The topological polar surface area (TPSA) is 65.0 Å². The average Bonchev–Trinajstić information content (AvgIpc) is 2.57. The van der Waals surface area contributed by atoms with Gasteiger partial charge < -0.3 is 4.55 Å². The van der Waals surface area contributed by atoms with Crippen molar-refractivity contribution in [2.45, 2.75) is 11.8 Å². The molecule has 0 saturated heterocycles. The number of hydrogen-bond acceptors (Lipinski definition) is 3. The van der Waals surface area contributed by atoms with Crippen molar-refractivity contribution in [3.63, 3.8) is 0 Å². The van der Waals surface area contributed by atoms with E-state index >= 15 is 0 Å². The van der Waals surface area contributed by atoms with E-state index in [1.54, 1.807) is 12.1 Å². The first kappa shape index (κ1) is 18.5. The monoisotopic (exact) mass is 456 g/mol. The Labute approximate surface area is 153 Å². The summed E-state index contributed by atoms with van der Waals surface area (Å²) in [4.78, 5) is -0.178. The van der Waals surface area contributed by atoms with Gasteiger partial charge in [0.15, 0.2) is 0 Å². The van der Waals surface area contributed by atoms with Gasteiger partial charge in [-0.15, -0.1) is 0 Å². The van der Waals surface area contributed by atoms with E-state index in [9.17, 15) is 13.0 Å². The second kappa shape index (κ2) is 8.86. The molecule has 2 heterocycles. The van der Waals surface area contributed by atoms with Crippen LogP contribution in [-0.2, 0) is 10.1 Å². The van der Waals surface area contributed by atoms with Crippen LogP contribution in [0, 0.1) is 6.92 Å². The summed E-state index contributed by atoms with van der Waals surface area (Å²) in [7, 11) is -4.27. The molecule has 126 valence electrons. The number of benzene rings is 1. The van der Waals surface area contributed by atoms with Gasteiger partial charge in [0.25, 0.3) is 0 Å². The molecular weight excluding hydrogens is 439 g/mol. The molecule has 3 rings (SSSR count). The Morgan fingerprint density at radius 1 is 0.792 bits per heavy atom. The quantitative estimate of drug-likeness (QED) is 0.355. The van der Waals surface area contributed by atoms with Crippen molar-refractivity contribution in [1.82, 2.24) is 0 Å². The van der Waals surface area contributed by atoms with Crippen molar-refractivity contribution >= 4 is 10.1 Å². The van der Waals surface area contributed by atoms with Gasteiger partial charge in [-0.05, 0) is 19.1 Å². The van der Waals surface area contributed by atoms with Crippen LogP contribution < -0.4 is 27.3 Å². The third kappa shape index (κ3) is 6.34. The number of halogens is 1. The predicted octanol–water partition coefficient (Wildman–Crippen LogP) is -1.52. The Hall–Kier alpha value is -1.84. The molecule has 0 atom stereocenters. The molecule has 0 fully saturated rings. The van der Waals surface area contributed by atoms with Gasteiger partial charge in [0.05, 0.1) is 4.90 Å². The fourth-order valence-electron chi connectivity index (χ4n) is 1.66. The molecule has 0 unspecified atom stereocenters. The fraction of sp³-hybridized carbons (Fsp3) is 0.0588. The minimum atomic E-state index is -4.27. The first-order valence-electron chi connectivity index (χ1n) is 7.06. The first-order valence-corrected chi connectivity index (χ1v) is 10.4. The Morgan fingerprint density at radius 3 is 1.58 bits per heavy atom. The van der Waals surface area contributed by atoms with Crippen molar-refractivity contribution in [3.8, 4) is 0 Å². The van der Waals surface area contributed by atoms with E-state index in [1.165, 1.54) is 12.1 Å². The van der Waals surface area contributed by atoms with Crippen molar-refractivity contribution in [2.75, 3.05) is 0 Å². The summed E-state index contributed by atoms with van der Waals surface area (Å²) in [6.07, 6.45) is 8.42. The van der Waals surface area contributed by atoms with Crippen LogP contribution in [0.5, 0.6) is 0 Å². The molecule has 2 aromatic heterocycles. The van der Waals surface area contributed by atoms with E-state index in [1.807, 2.05) is 19.1 Å². The zero-order valence-corrected chi connectivity index (χ0v) is 16.0. The zero-order valence-electron chi connectivity index (χ0n) is 13.0. The summed E-state index contributed by atoms with van der Waals surface area (Å²) in [6.45, 7) is 1.82. The predicted molar refractivity (Wildman–Crippen MR) is 83.2 cm³/mol. The van der Waals surface area contributed by atoms with Crippen molar-refractivity contribution in [2.24, 2.45) is 0 Å². The minimum absolute atomic E-state index is 0.138. The van der Waals surface area contributed by atoms with Crippen LogP contribution in [-0.4, -0.2) is 13.0 Å². The van der Waals surface area contributed by atoms with Gasteiger partial charge in [0.2, 0.25) is 0 Å². The molecule has 5 nitrogen and oxygen atoms in total. The zero-order chi connectivity index (χ0) is 17.4. The average molecular weight is 456 g/mol. The number of pyridine rings is 2. The SMILES string of the molecule is Cc1ccc(S(=O)(=O)[O-])cc1.c1cc[n+]([I-][n+]2ccccc2)cc1. The standard InChI is InChI=1S/C10H10IN2.C7H8O3S/c1-3-7-12(8-4-1)11-13-9-5-2-6-10-13;1-6-2-4-7(5-3-6)11(8,9)10/h1-10H;2-5H,1H3,(H,8,9,10)/q+1;/p-1. The number of aryl methyl sites for hydroxylation is 1. The molecule has 0 aliphatic heterocycles. The molecule has 0 radical (unpaired) electrons. The molecule has 0 aliphatic rings. The van der Waals surface area contributed by atoms with Crippen LogP contribution in [0.15, 0.2) is 90.3 Å². The maximum atomic E-state index is 10.4. The van der Waals surface area contributed by atoms with E-state index < -0.39 is 10.1 Å². The van der Waals surface area contributed by atoms with Gasteiger partial charge in [-0.1, -0.05) is 17.7 Å². The van der Waals surface area contributed by atoms with E-state index in [-0.39, 0.29) is 26.6 Å². The van der Waals surface area contributed by atoms with Gasteiger partial charge in [0, 0.05) is 0 Å². The number of aromatic nitrogens is 2. The van der Waals surface area contributed by atoms with Gasteiger partial charge in [-0.3, -0.25) is 0 Å². The Balaban J connectivity index is 0.000000177. The number of nitrogens with zero attached hydrogens (tertiary/aromatic N) is 2. The Morgan fingerprint density at radius 2 is 1.21 bits per heavy atom. The maximum absolute atomic E-state index is 10.4. The molecule has 24 heavy (non-hydrogen) atoms. The molecule has 3 aromatic rings. The summed E-state index contributed by atoms with van der Waals surface area (Å²) in [5.74, 6) is 0. The molecule has 0 amide bonds. The van der Waals surface area contributed by atoms with E-state index in [0.29, 0.717) is 0 Å². The fourth-order valence-corrected chi connectivity index (χ4v) is 4.02. The third-order valence-electron chi connectivity index (χ3n) is 2.84. The molecule has 0 aliphatic carbocycles. The summed E-state index contributed by atoms with van der Waals surface area (Å²) in [5, 5.41) is 0. The molecule has 0 spiro atoms. The van der Waals surface area contributed by atoms with Crippen LogP contribution in [0.2, 0.25) is 0 Å². The second-order valence-corrected chi connectivity index (χ2v) is 8.82. The third-order valence-corrected chi connectivity index (χ3v) is 5.98. The Bertz CT molecular complexity index is 818. The van der Waals surface area contributed by atoms with Gasteiger partial charge in [-0.2, -0.15) is 0 Å². The van der Waals surface area contributed by atoms with Gasteiger partial charge in [-0.25, -0.2) is 8.42 Å². The number of rotatable bonds is 3. The molecule has 0 saturated carbocycles. The van der Waals surface area contributed by atoms with Crippen molar-refractivity contribution < 1.29 is 40.3 Å². The van der Waals surface area contributed by atoms with Crippen LogP contribution in [0.25, 0.3) is 0 Å². The summed E-state index contributed by atoms with van der Waals surface area (Å²) < 4.78 is 35.6. The molecule has 1 aromatic carbocycles. The van der Waals surface area contributed by atoms with Crippen molar-refractivity contribution in [3.05, 3.63) is 91.0 Å². The van der Waals surface area contributed by atoms with Gasteiger partial charge >= 0.3 is 88.5 Å². The van der Waals surface area contributed by atoms with Crippen LogP contribution >= 0.6 is 0 Å². The van der Waals surface area contributed by atoms with E-state index in [4.69, 9.17) is 0 Å². The molecule has 7 heteroatoms. The molecular formula is C17H17IN2O3S. The van der Waals surface area contributed by atoms with Crippen molar-refractivity contribution in [1.29, 1.82) is 0 Å². The van der Waals surface area contributed by atoms with Crippen LogP contribution in [0.4, 0.5) is 0 Å². The Kier molecular flexibility index (Phi) is 6.83. The molecule has 0 bridgehead atoms. The van der Waals surface area contributed by atoms with Crippen LogP contribution in [0.3, 0.4) is 0 Å². The van der Waals surface area contributed by atoms with E-state index in [0.717, 1.165) is 5.56 Å². The second-order valence-electron chi connectivity index (χ2n) is 4.78. The summed E-state index contributed by atoms with van der Waals surface area (Å²) >= 11 is -0.138. The normalized spacial score (nSPS) is 10.8. The molecule has 0 N–H and O–H groups in total. The number of hydrogen-bond donors (Lipinski definition) is 0. The summed E-state index contributed by atoms with van der Waals surface area (Å²) in [5.41, 5.74) is 0.928. The van der Waals surface area contributed by atoms with Crippen LogP contribution in [0.1, 0.15) is 5.56 Å². The first-order chi connectivity index (χ1) is 11.4. The summed E-state index contributed by atoms with van der Waals surface area (Å²) in [6, 6.07) is 18.1.